The first kappa shape index (κ1) is 18.6. The quantitative estimate of drug-likeness (QED) is 0.620. The van der Waals surface area contributed by atoms with Crippen molar-refractivity contribution in [2.45, 2.75) is 24.1 Å². The van der Waals surface area contributed by atoms with Crippen LogP contribution in [0.5, 0.6) is 0 Å². The number of halogens is 1. The number of benzene rings is 2. The van der Waals surface area contributed by atoms with Crippen LogP contribution in [-0.2, 0) is 23.1 Å². The predicted octanol–water partition coefficient (Wildman–Crippen LogP) is 4.59. The van der Waals surface area contributed by atoms with Crippen molar-refractivity contribution >= 4 is 32.6 Å². The van der Waals surface area contributed by atoms with Gasteiger partial charge in [0.15, 0.2) is 5.76 Å². The molecule has 6 heteroatoms. The zero-order valence-corrected chi connectivity index (χ0v) is 16.6. The molecular formula is C20H18BrNO3S. The summed E-state index contributed by atoms with van der Waals surface area (Å²) in [7, 11) is -1.21. The number of amides is 1. The molecule has 4 nitrogen and oxygen atoms in total. The molecule has 26 heavy (non-hydrogen) atoms. The molecular weight excluding hydrogens is 414 g/mol. The maximum atomic E-state index is 12.4. The second kappa shape index (κ2) is 8.47. The van der Waals surface area contributed by atoms with Crippen LogP contribution >= 0.6 is 15.9 Å². The van der Waals surface area contributed by atoms with Gasteiger partial charge in [0.25, 0.3) is 5.91 Å². The lowest BCUT2D eigenvalue weighted by atomic mass is 10.2. The van der Waals surface area contributed by atoms with Crippen molar-refractivity contribution in [2.75, 3.05) is 0 Å². The van der Waals surface area contributed by atoms with E-state index in [0.29, 0.717) is 12.3 Å². The number of carbonyl (C=O) groups excluding carboxylic acids is 1. The van der Waals surface area contributed by atoms with Crippen LogP contribution in [-0.4, -0.2) is 10.1 Å². The van der Waals surface area contributed by atoms with Gasteiger partial charge in [-0.25, -0.2) is 0 Å². The van der Waals surface area contributed by atoms with Gasteiger partial charge < -0.3 is 9.73 Å². The summed E-state index contributed by atoms with van der Waals surface area (Å²) in [5.74, 6) is 0.687. The van der Waals surface area contributed by atoms with E-state index in [1.165, 1.54) is 0 Å². The molecule has 0 fully saturated rings. The van der Waals surface area contributed by atoms with Crippen LogP contribution in [0.2, 0.25) is 0 Å². The van der Waals surface area contributed by atoms with Crippen molar-refractivity contribution < 1.29 is 13.4 Å². The smallest absolute Gasteiger partial charge is 0.287 e. The Morgan fingerprint density at radius 1 is 1.12 bits per heavy atom. The predicted molar refractivity (Wildman–Crippen MR) is 105 cm³/mol. The van der Waals surface area contributed by atoms with E-state index in [-0.39, 0.29) is 17.4 Å². The number of hydrogen-bond acceptors (Lipinski definition) is 3. The lowest BCUT2D eigenvalue weighted by Crippen LogP contribution is -2.22. The van der Waals surface area contributed by atoms with Gasteiger partial charge in [-0.2, -0.15) is 0 Å². The van der Waals surface area contributed by atoms with Crippen LogP contribution in [0.4, 0.5) is 0 Å². The summed E-state index contributed by atoms with van der Waals surface area (Å²) in [5, 5.41) is 2.82. The van der Waals surface area contributed by atoms with E-state index in [0.717, 1.165) is 20.5 Å². The Bertz CT molecular complexity index is 934. The molecule has 0 unspecified atom stereocenters. The highest BCUT2D eigenvalue weighted by molar-refractivity contribution is 9.10. The average Bonchev–Trinajstić information content (AvgIpc) is 3.09. The van der Waals surface area contributed by atoms with Crippen molar-refractivity contribution in [3.63, 3.8) is 0 Å². The van der Waals surface area contributed by atoms with Crippen molar-refractivity contribution in [3.8, 4) is 0 Å². The first-order valence-electron chi connectivity index (χ1n) is 8.07. The fraction of sp³-hybridized carbons (Fsp3) is 0.150. The highest BCUT2D eigenvalue weighted by Gasteiger charge is 2.13. The van der Waals surface area contributed by atoms with Crippen LogP contribution < -0.4 is 5.32 Å². The summed E-state index contributed by atoms with van der Waals surface area (Å²) >= 11 is 3.40. The summed E-state index contributed by atoms with van der Waals surface area (Å²) in [6.45, 7) is 2.39. The standard InChI is InChI=1S/C20H18BrNO3S/c1-14-5-8-18(9-6-14)26(24)13-17-7-10-19(25-17)20(23)22-12-15-3-2-4-16(21)11-15/h2-11H,12-13H2,1H3,(H,22,23)/t26-/m1/s1. The lowest BCUT2D eigenvalue weighted by molar-refractivity contribution is 0.0921. The Kier molecular flexibility index (Phi) is 6.06. The van der Waals surface area contributed by atoms with E-state index in [1.807, 2.05) is 55.5 Å². The monoisotopic (exact) mass is 431 g/mol. The minimum Gasteiger partial charge on any atom is -0.455 e. The van der Waals surface area contributed by atoms with Crippen molar-refractivity contribution in [1.29, 1.82) is 0 Å². The van der Waals surface area contributed by atoms with Crippen LogP contribution in [0.3, 0.4) is 0 Å². The topological polar surface area (TPSA) is 59.3 Å². The zero-order chi connectivity index (χ0) is 18.5. The molecule has 1 heterocycles. The molecule has 0 saturated carbocycles. The Morgan fingerprint density at radius 2 is 1.88 bits per heavy atom. The largest absolute Gasteiger partial charge is 0.455 e. The molecule has 3 aromatic rings. The summed E-state index contributed by atoms with van der Waals surface area (Å²) < 4.78 is 18.9. The molecule has 1 atom stereocenters. The van der Waals surface area contributed by atoms with Crippen LogP contribution in [0.15, 0.2) is 74.4 Å². The van der Waals surface area contributed by atoms with Gasteiger partial charge in [0.05, 0.1) is 16.6 Å². The average molecular weight is 432 g/mol. The molecule has 1 aromatic heterocycles. The molecule has 0 saturated heterocycles. The zero-order valence-electron chi connectivity index (χ0n) is 14.2. The number of carbonyl (C=O) groups is 1. The summed E-state index contributed by atoms with van der Waals surface area (Å²) in [5.41, 5.74) is 2.10. The van der Waals surface area contributed by atoms with E-state index in [2.05, 4.69) is 21.2 Å². The highest BCUT2D eigenvalue weighted by Crippen LogP contribution is 2.16. The number of aryl methyl sites for hydroxylation is 1. The molecule has 0 aliphatic carbocycles. The lowest BCUT2D eigenvalue weighted by Gasteiger charge is -2.04. The molecule has 0 radical (unpaired) electrons. The minimum absolute atomic E-state index is 0.218. The van der Waals surface area contributed by atoms with Gasteiger partial charge in [-0.05, 0) is 48.9 Å². The maximum absolute atomic E-state index is 12.4. The number of rotatable bonds is 6. The fourth-order valence-electron chi connectivity index (χ4n) is 2.40. The third kappa shape index (κ3) is 4.93. The first-order valence-corrected chi connectivity index (χ1v) is 10.2. The van der Waals surface area contributed by atoms with Crippen LogP contribution in [0.1, 0.15) is 27.4 Å². The molecule has 2 aromatic carbocycles. The molecule has 0 aliphatic rings. The van der Waals surface area contributed by atoms with Gasteiger partial charge in [-0.1, -0.05) is 45.8 Å². The number of furan rings is 1. The first-order chi connectivity index (χ1) is 12.5. The van der Waals surface area contributed by atoms with E-state index < -0.39 is 10.8 Å². The van der Waals surface area contributed by atoms with Crippen molar-refractivity contribution in [1.82, 2.24) is 5.32 Å². The van der Waals surface area contributed by atoms with Gasteiger partial charge >= 0.3 is 0 Å². The Hall–Kier alpha value is -2.18. The molecule has 1 amide bonds. The second-order valence-electron chi connectivity index (χ2n) is 5.88. The van der Waals surface area contributed by atoms with E-state index in [1.54, 1.807) is 12.1 Å². The number of nitrogens with one attached hydrogen (secondary N) is 1. The summed E-state index contributed by atoms with van der Waals surface area (Å²) in [4.78, 5) is 13.0. The van der Waals surface area contributed by atoms with E-state index >= 15 is 0 Å². The van der Waals surface area contributed by atoms with Gasteiger partial charge in [0, 0.05) is 15.9 Å². The van der Waals surface area contributed by atoms with E-state index in [4.69, 9.17) is 4.42 Å². The summed E-state index contributed by atoms with van der Waals surface area (Å²) in [6.07, 6.45) is 0. The maximum Gasteiger partial charge on any atom is 0.287 e. The Morgan fingerprint density at radius 3 is 2.62 bits per heavy atom. The molecule has 0 bridgehead atoms. The van der Waals surface area contributed by atoms with Gasteiger partial charge in [-0.15, -0.1) is 0 Å². The van der Waals surface area contributed by atoms with Crippen LogP contribution in [0, 0.1) is 6.92 Å². The molecule has 134 valence electrons. The number of hydrogen-bond donors (Lipinski definition) is 1. The third-order valence-electron chi connectivity index (χ3n) is 3.78. The van der Waals surface area contributed by atoms with Crippen molar-refractivity contribution in [2.24, 2.45) is 0 Å². The second-order valence-corrected chi connectivity index (χ2v) is 8.25. The molecule has 3 rings (SSSR count). The Labute approximate surface area is 163 Å². The fourth-order valence-corrected chi connectivity index (χ4v) is 3.86. The minimum atomic E-state index is -1.21. The van der Waals surface area contributed by atoms with Gasteiger partial charge in [0.1, 0.15) is 5.76 Å². The SMILES string of the molecule is Cc1ccc([S@](=O)Cc2ccc(C(=O)NCc3cccc(Br)c3)o2)cc1. The molecule has 0 spiro atoms. The molecule has 1 N–H and O–H groups in total. The van der Waals surface area contributed by atoms with E-state index in [9.17, 15) is 9.00 Å². The summed E-state index contributed by atoms with van der Waals surface area (Å²) in [6, 6.07) is 18.6. The Balaban J connectivity index is 1.59. The van der Waals surface area contributed by atoms with Crippen LogP contribution in [0.25, 0.3) is 0 Å². The molecule has 0 aliphatic heterocycles. The van der Waals surface area contributed by atoms with Gasteiger partial charge in [-0.3, -0.25) is 9.00 Å². The van der Waals surface area contributed by atoms with Gasteiger partial charge in [0.2, 0.25) is 0 Å². The highest BCUT2D eigenvalue weighted by atomic mass is 79.9. The normalized spacial score (nSPS) is 11.9. The van der Waals surface area contributed by atoms with Crippen molar-refractivity contribution in [3.05, 3.63) is 87.8 Å². The third-order valence-corrected chi connectivity index (χ3v) is 5.62.